The second-order valence-corrected chi connectivity index (χ2v) is 4.51. The second-order valence-electron chi connectivity index (χ2n) is 4.51. The van der Waals surface area contributed by atoms with Gasteiger partial charge in [-0.1, -0.05) is 12.1 Å². The Morgan fingerprint density at radius 1 is 1.37 bits per heavy atom. The number of benzene rings is 1. The van der Waals surface area contributed by atoms with E-state index in [0.717, 1.165) is 25.2 Å². The van der Waals surface area contributed by atoms with Crippen LogP contribution < -0.4 is 0 Å². The molecular formula is C14H17N3O2. The van der Waals surface area contributed by atoms with Crippen LogP contribution in [0.2, 0.25) is 0 Å². The third-order valence-corrected chi connectivity index (χ3v) is 2.92. The molecule has 2 rings (SSSR count). The van der Waals surface area contributed by atoms with Gasteiger partial charge in [0.2, 0.25) is 0 Å². The number of aromatic carboxylic acids is 1. The number of carbonyl (C=O) groups is 1. The molecule has 1 aromatic heterocycles. The van der Waals surface area contributed by atoms with E-state index in [-0.39, 0.29) is 0 Å². The van der Waals surface area contributed by atoms with E-state index < -0.39 is 5.97 Å². The Balaban J connectivity index is 1.84. The van der Waals surface area contributed by atoms with Gasteiger partial charge in [-0.2, -0.15) is 5.10 Å². The zero-order valence-corrected chi connectivity index (χ0v) is 10.9. The van der Waals surface area contributed by atoms with Gasteiger partial charge in [-0.25, -0.2) is 4.79 Å². The Labute approximate surface area is 112 Å². The zero-order chi connectivity index (χ0) is 13.7. The minimum Gasteiger partial charge on any atom is -0.478 e. The number of likely N-dealkylation sites (N-methyl/N-ethyl adjacent to an activating group) is 1. The van der Waals surface area contributed by atoms with Gasteiger partial charge < -0.3 is 10.0 Å². The van der Waals surface area contributed by atoms with Gasteiger partial charge in [-0.3, -0.25) is 4.68 Å². The molecule has 1 aromatic carbocycles. The van der Waals surface area contributed by atoms with E-state index in [1.807, 2.05) is 36.1 Å². The molecule has 5 heteroatoms. The number of aromatic nitrogens is 2. The summed E-state index contributed by atoms with van der Waals surface area (Å²) in [5.41, 5.74) is 1.43. The van der Waals surface area contributed by atoms with E-state index >= 15 is 0 Å². The summed E-state index contributed by atoms with van der Waals surface area (Å²) < 4.78 is 1.89. The van der Waals surface area contributed by atoms with Gasteiger partial charge in [0.1, 0.15) is 0 Å². The fraction of sp³-hybridized carbons (Fsp3) is 0.286. The molecule has 0 bridgehead atoms. The maximum absolute atomic E-state index is 10.7. The van der Waals surface area contributed by atoms with Crippen LogP contribution >= 0.6 is 0 Å². The Morgan fingerprint density at radius 3 is 2.68 bits per heavy atom. The summed E-state index contributed by atoms with van der Waals surface area (Å²) >= 11 is 0. The Kier molecular flexibility index (Phi) is 4.30. The molecular weight excluding hydrogens is 242 g/mol. The molecule has 1 N–H and O–H groups in total. The van der Waals surface area contributed by atoms with Crippen molar-refractivity contribution in [2.24, 2.45) is 0 Å². The minimum atomic E-state index is -0.890. The summed E-state index contributed by atoms with van der Waals surface area (Å²) in [6.07, 6.45) is 3.71. The molecule has 1 heterocycles. The van der Waals surface area contributed by atoms with Crippen molar-refractivity contribution >= 4 is 5.97 Å². The number of hydrogen-bond donors (Lipinski definition) is 1. The van der Waals surface area contributed by atoms with E-state index in [4.69, 9.17) is 5.11 Å². The summed E-state index contributed by atoms with van der Waals surface area (Å²) in [5.74, 6) is -0.890. The van der Waals surface area contributed by atoms with Crippen molar-refractivity contribution in [1.82, 2.24) is 14.7 Å². The van der Waals surface area contributed by atoms with Crippen molar-refractivity contribution in [3.05, 3.63) is 53.9 Å². The van der Waals surface area contributed by atoms with Gasteiger partial charge in [0.05, 0.1) is 12.1 Å². The van der Waals surface area contributed by atoms with Gasteiger partial charge >= 0.3 is 5.97 Å². The van der Waals surface area contributed by atoms with Crippen LogP contribution in [0.25, 0.3) is 0 Å². The van der Waals surface area contributed by atoms with Crippen LogP contribution in [0.1, 0.15) is 15.9 Å². The topological polar surface area (TPSA) is 58.4 Å². The van der Waals surface area contributed by atoms with Crippen LogP contribution in [0, 0.1) is 0 Å². The lowest BCUT2D eigenvalue weighted by Gasteiger charge is -2.16. The first-order valence-corrected chi connectivity index (χ1v) is 6.13. The third-order valence-electron chi connectivity index (χ3n) is 2.92. The fourth-order valence-electron chi connectivity index (χ4n) is 1.85. The van der Waals surface area contributed by atoms with E-state index in [1.165, 1.54) is 0 Å². The summed E-state index contributed by atoms with van der Waals surface area (Å²) in [6.45, 7) is 2.53. The molecule has 0 spiro atoms. The highest BCUT2D eigenvalue weighted by Gasteiger charge is 2.04. The normalized spacial score (nSPS) is 10.8. The Hall–Kier alpha value is -2.14. The summed E-state index contributed by atoms with van der Waals surface area (Å²) in [7, 11) is 2.04. The number of carboxylic acid groups (broad SMARTS) is 1. The van der Waals surface area contributed by atoms with Crippen LogP contribution in [0.5, 0.6) is 0 Å². The third kappa shape index (κ3) is 3.93. The molecule has 0 radical (unpaired) electrons. The molecule has 0 atom stereocenters. The predicted octanol–water partition coefficient (Wildman–Crippen LogP) is 1.71. The van der Waals surface area contributed by atoms with Crippen molar-refractivity contribution in [1.29, 1.82) is 0 Å². The van der Waals surface area contributed by atoms with Gasteiger partial charge in [-0.05, 0) is 30.8 Å². The van der Waals surface area contributed by atoms with Crippen molar-refractivity contribution in [2.45, 2.75) is 13.1 Å². The number of nitrogens with zero attached hydrogens (tertiary/aromatic N) is 3. The van der Waals surface area contributed by atoms with Crippen LogP contribution in [0.4, 0.5) is 0 Å². The number of carboxylic acids is 1. The monoisotopic (exact) mass is 259 g/mol. The summed E-state index contributed by atoms with van der Waals surface area (Å²) in [4.78, 5) is 12.9. The maximum atomic E-state index is 10.7. The lowest BCUT2D eigenvalue weighted by atomic mass is 10.1. The highest BCUT2D eigenvalue weighted by molar-refractivity contribution is 5.87. The molecule has 5 nitrogen and oxygen atoms in total. The van der Waals surface area contributed by atoms with Crippen LogP contribution in [-0.2, 0) is 13.1 Å². The van der Waals surface area contributed by atoms with E-state index in [2.05, 4.69) is 10.00 Å². The van der Waals surface area contributed by atoms with E-state index in [0.29, 0.717) is 5.56 Å². The molecule has 2 aromatic rings. The lowest BCUT2D eigenvalue weighted by Crippen LogP contribution is -2.23. The quantitative estimate of drug-likeness (QED) is 0.858. The molecule has 0 saturated heterocycles. The molecule has 0 fully saturated rings. The van der Waals surface area contributed by atoms with Gasteiger partial charge in [0.25, 0.3) is 0 Å². The van der Waals surface area contributed by atoms with Crippen molar-refractivity contribution in [2.75, 3.05) is 13.6 Å². The molecule has 0 aliphatic heterocycles. The van der Waals surface area contributed by atoms with Crippen LogP contribution in [0.3, 0.4) is 0 Å². The number of hydrogen-bond acceptors (Lipinski definition) is 3. The first-order valence-electron chi connectivity index (χ1n) is 6.13. The second kappa shape index (κ2) is 6.15. The molecule has 100 valence electrons. The largest absolute Gasteiger partial charge is 0.478 e. The molecule has 0 unspecified atom stereocenters. The smallest absolute Gasteiger partial charge is 0.335 e. The average Bonchev–Trinajstić information content (AvgIpc) is 2.90. The molecule has 0 amide bonds. The maximum Gasteiger partial charge on any atom is 0.335 e. The average molecular weight is 259 g/mol. The van der Waals surface area contributed by atoms with Crippen molar-refractivity contribution in [3.63, 3.8) is 0 Å². The number of rotatable bonds is 6. The van der Waals surface area contributed by atoms with Crippen molar-refractivity contribution in [3.8, 4) is 0 Å². The zero-order valence-electron chi connectivity index (χ0n) is 10.9. The standard InChI is InChI=1S/C14H17N3O2/c1-16(9-10-17-8-2-7-15-17)11-12-3-5-13(6-4-12)14(18)19/h2-8H,9-11H2,1H3,(H,18,19). The van der Waals surface area contributed by atoms with Gasteiger partial charge in [-0.15, -0.1) is 0 Å². The minimum absolute atomic E-state index is 0.322. The highest BCUT2D eigenvalue weighted by Crippen LogP contribution is 2.07. The molecule has 0 aliphatic rings. The molecule has 0 saturated carbocycles. The fourth-order valence-corrected chi connectivity index (χ4v) is 1.85. The Bertz CT molecular complexity index is 520. The summed E-state index contributed by atoms with van der Waals surface area (Å²) in [5, 5.41) is 13.0. The summed E-state index contributed by atoms with van der Waals surface area (Å²) in [6, 6.07) is 8.89. The van der Waals surface area contributed by atoms with Gasteiger partial charge in [0.15, 0.2) is 0 Å². The lowest BCUT2D eigenvalue weighted by molar-refractivity contribution is 0.0697. The molecule has 19 heavy (non-hydrogen) atoms. The van der Waals surface area contributed by atoms with Crippen molar-refractivity contribution < 1.29 is 9.90 Å². The van der Waals surface area contributed by atoms with Crippen LogP contribution in [0.15, 0.2) is 42.7 Å². The highest BCUT2D eigenvalue weighted by atomic mass is 16.4. The molecule has 0 aliphatic carbocycles. The SMILES string of the molecule is CN(CCn1cccn1)Cc1ccc(C(=O)O)cc1. The first kappa shape index (κ1) is 13.3. The predicted molar refractivity (Wildman–Crippen MR) is 72.0 cm³/mol. The van der Waals surface area contributed by atoms with E-state index in [1.54, 1.807) is 18.3 Å². The van der Waals surface area contributed by atoms with E-state index in [9.17, 15) is 4.79 Å². The van der Waals surface area contributed by atoms with Crippen LogP contribution in [-0.4, -0.2) is 39.3 Å². The Morgan fingerprint density at radius 2 is 2.11 bits per heavy atom. The first-order chi connectivity index (χ1) is 9.15. The van der Waals surface area contributed by atoms with Gasteiger partial charge in [0, 0.05) is 25.5 Å².